The first-order valence-corrected chi connectivity index (χ1v) is 18.6. The predicted molar refractivity (Wildman–Crippen MR) is 203 cm³/mol. The van der Waals surface area contributed by atoms with Gasteiger partial charge in [0.15, 0.2) is 5.65 Å². The van der Waals surface area contributed by atoms with Gasteiger partial charge in [-0.3, -0.25) is 19.2 Å². The SMILES string of the molecule is COc1nc(-c2cccc(-c3cccc(-c4cc5nc(CN6CC7(CC(O)C7)C6)cc(=O)n5n4C)c3Cl)c2Cl)ccc1COC(=O)NCC1CCC(=O)N1. The molecule has 5 heterocycles. The number of aliphatic hydroxyl groups is 1. The molecule has 1 saturated carbocycles. The first-order chi connectivity index (χ1) is 26.0. The molecule has 1 spiro atoms. The van der Waals surface area contributed by atoms with Crippen molar-refractivity contribution in [3.8, 4) is 39.5 Å². The van der Waals surface area contributed by atoms with Crippen LogP contribution in [0.3, 0.4) is 0 Å². The number of amides is 2. The van der Waals surface area contributed by atoms with E-state index in [9.17, 15) is 19.5 Å². The molecular formula is C39H39Cl2N7O6. The fourth-order valence-corrected chi connectivity index (χ4v) is 8.70. The van der Waals surface area contributed by atoms with Gasteiger partial charge in [-0.05, 0) is 31.4 Å². The van der Waals surface area contributed by atoms with E-state index < -0.39 is 6.09 Å². The molecule has 3 N–H and O–H groups in total. The van der Waals surface area contributed by atoms with Crippen molar-refractivity contribution in [2.75, 3.05) is 26.7 Å². The number of alkyl carbamates (subject to hydrolysis) is 1. The minimum atomic E-state index is -0.611. The molecule has 0 radical (unpaired) electrons. The molecule has 5 aromatic rings. The van der Waals surface area contributed by atoms with Crippen LogP contribution in [0.2, 0.25) is 10.0 Å². The van der Waals surface area contributed by atoms with Crippen LogP contribution in [0.15, 0.2) is 65.5 Å². The first kappa shape index (κ1) is 36.0. The summed E-state index contributed by atoms with van der Waals surface area (Å²) in [5.41, 5.74) is 5.84. The Morgan fingerprint density at radius 3 is 2.39 bits per heavy atom. The summed E-state index contributed by atoms with van der Waals surface area (Å²) in [4.78, 5) is 48.9. The second-order valence-corrected chi connectivity index (χ2v) is 15.2. The highest BCUT2D eigenvalue weighted by Gasteiger charge is 2.51. The number of carbonyl (C=O) groups excluding carboxylic acids is 2. The summed E-state index contributed by atoms with van der Waals surface area (Å²) in [5, 5.41) is 16.1. The zero-order valence-corrected chi connectivity index (χ0v) is 31.3. The number of halogens is 2. The minimum absolute atomic E-state index is 0.0247. The number of aryl methyl sites for hydroxylation is 1. The maximum absolute atomic E-state index is 13.3. The molecule has 0 bridgehead atoms. The van der Waals surface area contributed by atoms with Crippen LogP contribution in [-0.4, -0.2) is 80.1 Å². The smallest absolute Gasteiger partial charge is 0.407 e. The highest BCUT2D eigenvalue weighted by atomic mass is 35.5. The summed E-state index contributed by atoms with van der Waals surface area (Å²) in [6.07, 6.45) is 2.01. The van der Waals surface area contributed by atoms with Crippen LogP contribution in [0, 0.1) is 5.41 Å². The largest absolute Gasteiger partial charge is 0.481 e. The Labute approximate surface area is 320 Å². The van der Waals surface area contributed by atoms with E-state index >= 15 is 0 Å². The number of fused-ring (bicyclic) bond motifs is 1. The number of pyridine rings is 1. The zero-order valence-electron chi connectivity index (χ0n) is 29.8. The van der Waals surface area contributed by atoms with E-state index in [-0.39, 0.29) is 48.1 Å². The average molecular weight is 773 g/mol. The highest BCUT2D eigenvalue weighted by molar-refractivity contribution is 6.39. The number of hydrogen-bond acceptors (Lipinski definition) is 9. The molecule has 2 aliphatic heterocycles. The Balaban J connectivity index is 1.01. The van der Waals surface area contributed by atoms with Gasteiger partial charge in [0.05, 0.1) is 45.9 Å². The van der Waals surface area contributed by atoms with E-state index in [0.29, 0.717) is 80.0 Å². The Bertz CT molecular complexity index is 2350. The second-order valence-electron chi connectivity index (χ2n) is 14.5. The summed E-state index contributed by atoms with van der Waals surface area (Å²) >= 11 is 14.3. The minimum Gasteiger partial charge on any atom is -0.481 e. The van der Waals surface area contributed by atoms with Crippen LogP contribution in [0.4, 0.5) is 4.79 Å². The van der Waals surface area contributed by atoms with Crippen molar-refractivity contribution in [2.45, 2.75) is 51.0 Å². The lowest BCUT2D eigenvalue weighted by atomic mass is 9.62. The van der Waals surface area contributed by atoms with Gasteiger partial charge >= 0.3 is 6.09 Å². The molecule has 2 amide bonds. The fourth-order valence-electron chi connectivity index (χ4n) is 8.05. The Morgan fingerprint density at radius 2 is 1.70 bits per heavy atom. The van der Waals surface area contributed by atoms with Crippen LogP contribution in [-0.2, 0) is 29.7 Å². The predicted octanol–water partition coefficient (Wildman–Crippen LogP) is 5.21. The highest BCUT2D eigenvalue weighted by Crippen LogP contribution is 2.48. The monoisotopic (exact) mass is 771 g/mol. The zero-order chi connectivity index (χ0) is 37.7. The molecule has 2 aromatic carbocycles. The first-order valence-electron chi connectivity index (χ1n) is 17.8. The maximum atomic E-state index is 13.3. The van der Waals surface area contributed by atoms with Gasteiger partial charge in [0, 0.05) is 85.5 Å². The topological polar surface area (TPSA) is 152 Å². The molecule has 280 valence electrons. The Morgan fingerprint density at radius 1 is 1.00 bits per heavy atom. The summed E-state index contributed by atoms with van der Waals surface area (Å²) in [5.74, 6) is 0.253. The summed E-state index contributed by atoms with van der Waals surface area (Å²) in [7, 11) is 3.29. The number of aromatic nitrogens is 4. The Hall–Kier alpha value is -4.95. The van der Waals surface area contributed by atoms with Gasteiger partial charge in [-0.1, -0.05) is 59.6 Å². The van der Waals surface area contributed by atoms with Crippen LogP contribution in [0.1, 0.15) is 36.9 Å². The van der Waals surface area contributed by atoms with Crippen molar-refractivity contribution in [1.29, 1.82) is 0 Å². The number of benzene rings is 2. The molecule has 1 atom stereocenters. The molecule has 3 fully saturated rings. The van der Waals surface area contributed by atoms with E-state index in [2.05, 4.69) is 20.5 Å². The normalized spacial score (nSPS) is 18.0. The number of methoxy groups -OCH3 is 1. The van der Waals surface area contributed by atoms with Crippen LogP contribution in [0.25, 0.3) is 39.3 Å². The number of nitrogens with zero attached hydrogens (tertiary/aromatic N) is 5. The average Bonchev–Trinajstić information content (AvgIpc) is 3.70. The number of aliphatic hydroxyl groups excluding tert-OH is 1. The number of hydrogen-bond donors (Lipinski definition) is 3. The summed E-state index contributed by atoms with van der Waals surface area (Å²) in [6.45, 7) is 2.61. The summed E-state index contributed by atoms with van der Waals surface area (Å²) in [6, 6.07) is 18.2. The lowest BCUT2D eigenvalue weighted by Gasteiger charge is -2.57. The number of ether oxygens (including phenoxy) is 2. The molecule has 1 unspecified atom stereocenters. The van der Waals surface area contributed by atoms with Gasteiger partial charge in [0.1, 0.15) is 6.61 Å². The molecule has 13 nitrogen and oxygen atoms in total. The van der Waals surface area contributed by atoms with Crippen molar-refractivity contribution in [3.63, 3.8) is 0 Å². The van der Waals surface area contributed by atoms with Crippen molar-refractivity contribution in [3.05, 3.63) is 92.3 Å². The van der Waals surface area contributed by atoms with Crippen molar-refractivity contribution >= 4 is 40.8 Å². The van der Waals surface area contributed by atoms with Gasteiger partial charge in [0.2, 0.25) is 11.8 Å². The van der Waals surface area contributed by atoms with Crippen molar-refractivity contribution in [1.82, 2.24) is 34.7 Å². The fraction of sp³-hybridized carbons (Fsp3) is 0.359. The molecule has 54 heavy (non-hydrogen) atoms. The van der Waals surface area contributed by atoms with Crippen LogP contribution in [0.5, 0.6) is 5.88 Å². The maximum Gasteiger partial charge on any atom is 0.407 e. The number of rotatable bonds is 10. The molecule has 8 rings (SSSR count). The standard InChI is InChI=1S/C39H39Cl2N7O6/c1-46-31(14-32-43-24(13-34(51)48(32)46)18-47-20-39(21-47)15-25(49)16-39)29-8-4-6-27(36(29)41)26-5-3-7-28(35(26)40)30-11-9-22(37(45-30)53-2)19-54-38(52)42-17-23-10-12-33(50)44-23/h3-9,11,13-14,23,25,49H,10,12,15-21H2,1-2H3,(H,42,52)(H,44,50). The molecule has 15 heteroatoms. The van der Waals surface area contributed by atoms with Crippen molar-refractivity contribution in [2.24, 2.45) is 12.5 Å². The number of carbonyl (C=O) groups is 2. The van der Waals surface area contributed by atoms with Gasteiger partial charge in [-0.25, -0.2) is 14.8 Å². The molecule has 1 aliphatic carbocycles. The molecular weight excluding hydrogens is 733 g/mol. The van der Waals surface area contributed by atoms with Gasteiger partial charge in [-0.15, -0.1) is 0 Å². The van der Waals surface area contributed by atoms with Gasteiger partial charge in [-0.2, -0.15) is 4.52 Å². The third kappa shape index (κ3) is 6.81. The van der Waals surface area contributed by atoms with E-state index in [4.69, 9.17) is 37.7 Å². The Kier molecular flexibility index (Phi) is 9.59. The van der Waals surface area contributed by atoms with E-state index in [1.165, 1.54) is 11.6 Å². The van der Waals surface area contributed by atoms with Crippen LogP contribution < -0.4 is 20.9 Å². The van der Waals surface area contributed by atoms with E-state index in [1.54, 1.807) is 29.9 Å². The second kappa shape index (κ2) is 14.4. The van der Waals surface area contributed by atoms with E-state index in [1.807, 2.05) is 42.5 Å². The molecule has 2 saturated heterocycles. The van der Waals surface area contributed by atoms with Crippen LogP contribution >= 0.6 is 23.2 Å². The number of nitrogens with one attached hydrogen (secondary N) is 2. The lowest BCUT2D eigenvalue weighted by molar-refractivity contribution is -0.131. The number of likely N-dealkylation sites (tertiary alicyclic amines) is 1. The quantitative estimate of drug-likeness (QED) is 0.174. The van der Waals surface area contributed by atoms with E-state index in [0.717, 1.165) is 25.9 Å². The lowest BCUT2D eigenvalue weighted by Crippen LogP contribution is -2.63. The molecule has 3 aromatic heterocycles. The summed E-state index contributed by atoms with van der Waals surface area (Å²) < 4.78 is 14.2. The third-order valence-electron chi connectivity index (χ3n) is 10.6. The third-order valence-corrected chi connectivity index (χ3v) is 11.5. The molecule has 3 aliphatic rings. The van der Waals surface area contributed by atoms with Crippen molar-refractivity contribution < 1.29 is 24.2 Å². The van der Waals surface area contributed by atoms with Gasteiger partial charge < -0.3 is 25.2 Å². The van der Waals surface area contributed by atoms with Gasteiger partial charge in [0.25, 0.3) is 5.56 Å².